The van der Waals surface area contributed by atoms with E-state index in [1.54, 1.807) is 6.20 Å². The second-order valence-electron chi connectivity index (χ2n) is 1.87. The van der Waals surface area contributed by atoms with Gasteiger partial charge in [0.25, 0.3) is 0 Å². The topological polar surface area (TPSA) is 38.0 Å². The fourth-order valence-electron chi connectivity index (χ4n) is 0.679. The first-order valence-electron chi connectivity index (χ1n) is 3.12. The molecule has 2 heteroatoms. The summed E-state index contributed by atoms with van der Waals surface area (Å²) in [6.07, 6.45) is 3.16. The molecule has 0 atom stereocenters. The van der Waals surface area contributed by atoms with Crippen LogP contribution < -0.4 is 11.1 Å². The Morgan fingerprint density at radius 1 is 1.20 bits per heavy atom. The molecule has 1 rings (SSSR count). The van der Waals surface area contributed by atoms with Crippen LogP contribution >= 0.6 is 0 Å². The van der Waals surface area contributed by atoms with Crippen molar-refractivity contribution in [3.05, 3.63) is 42.7 Å². The van der Waals surface area contributed by atoms with Crippen molar-refractivity contribution in [3.8, 4) is 0 Å². The standard InChI is InChI=1S/C8H10N2/c9-6-7-10-8-4-2-1-3-5-8/h1-7,10H,9H2/b7-6+. The predicted molar refractivity (Wildman–Crippen MR) is 43.4 cm³/mol. The van der Waals surface area contributed by atoms with Crippen molar-refractivity contribution in [1.82, 2.24) is 0 Å². The predicted octanol–water partition coefficient (Wildman–Crippen LogP) is 1.53. The zero-order chi connectivity index (χ0) is 7.23. The molecule has 0 aliphatic heterocycles. The lowest BCUT2D eigenvalue weighted by molar-refractivity contribution is 1.52. The molecule has 0 amide bonds. The van der Waals surface area contributed by atoms with Gasteiger partial charge in [0.15, 0.2) is 0 Å². The molecule has 0 saturated heterocycles. The smallest absolute Gasteiger partial charge is 0.0380 e. The molecule has 2 nitrogen and oxygen atoms in total. The van der Waals surface area contributed by atoms with Crippen LogP contribution in [0.2, 0.25) is 0 Å². The summed E-state index contributed by atoms with van der Waals surface area (Å²) in [6, 6.07) is 9.84. The maximum Gasteiger partial charge on any atom is 0.0380 e. The van der Waals surface area contributed by atoms with Gasteiger partial charge in [-0.1, -0.05) is 18.2 Å². The highest BCUT2D eigenvalue weighted by atomic mass is 14.8. The van der Waals surface area contributed by atoms with Gasteiger partial charge in [-0.05, 0) is 12.1 Å². The fourth-order valence-corrected chi connectivity index (χ4v) is 0.679. The van der Waals surface area contributed by atoms with Crippen molar-refractivity contribution in [2.24, 2.45) is 5.73 Å². The van der Waals surface area contributed by atoms with Crippen LogP contribution in [0.1, 0.15) is 0 Å². The van der Waals surface area contributed by atoms with Crippen molar-refractivity contribution >= 4 is 5.69 Å². The zero-order valence-corrected chi connectivity index (χ0v) is 5.62. The van der Waals surface area contributed by atoms with Crippen molar-refractivity contribution in [1.29, 1.82) is 0 Å². The second kappa shape index (κ2) is 3.56. The zero-order valence-electron chi connectivity index (χ0n) is 5.62. The summed E-state index contributed by atoms with van der Waals surface area (Å²) < 4.78 is 0. The van der Waals surface area contributed by atoms with Crippen LogP contribution in [0.4, 0.5) is 5.69 Å². The Balaban J connectivity index is 2.59. The molecular weight excluding hydrogens is 124 g/mol. The molecular formula is C8H10N2. The minimum Gasteiger partial charge on any atom is -0.403 e. The third kappa shape index (κ3) is 1.82. The van der Waals surface area contributed by atoms with Crippen LogP contribution in [0.5, 0.6) is 0 Å². The highest BCUT2D eigenvalue weighted by Crippen LogP contribution is 2.03. The quantitative estimate of drug-likeness (QED) is 0.643. The van der Waals surface area contributed by atoms with Crippen molar-refractivity contribution in [2.75, 3.05) is 5.32 Å². The van der Waals surface area contributed by atoms with E-state index in [9.17, 15) is 0 Å². The minimum absolute atomic E-state index is 1.05. The Labute approximate surface area is 60.4 Å². The molecule has 0 radical (unpaired) electrons. The molecule has 0 aliphatic rings. The maximum atomic E-state index is 5.13. The molecule has 0 spiro atoms. The molecule has 1 aromatic rings. The highest BCUT2D eigenvalue weighted by molar-refractivity contribution is 5.44. The first-order valence-corrected chi connectivity index (χ1v) is 3.12. The molecule has 3 N–H and O–H groups in total. The van der Waals surface area contributed by atoms with E-state index >= 15 is 0 Å². The lowest BCUT2D eigenvalue weighted by Gasteiger charge is -1.96. The third-order valence-electron chi connectivity index (χ3n) is 1.12. The minimum atomic E-state index is 1.05. The molecule has 0 aliphatic carbocycles. The monoisotopic (exact) mass is 134 g/mol. The van der Waals surface area contributed by atoms with Gasteiger partial charge in [-0.2, -0.15) is 0 Å². The molecule has 52 valence electrons. The van der Waals surface area contributed by atoms with E-state index in [0.29, 0.717) is 0 Å². The van der Waals surface area contributed by atoms with E-state index in [2.05, 4.69) is 5.32 Å². The van der Waals surface area contributed by atoms with E-state index in [4.69, 9.17) is 5.73 Å². The van der Waals surface area contributed by atoms with E-state index < -0.39 is 0 Å². The van der Waals surface area contributed by atoms with Crippen LogP contribution in [-0.2, 0) is 0 Å². The molecule has 1 aromatic carbocycles. The average Bonchev–Trinajstić information content (AvgIpc) is 2.03. The number of nitrogens with two attached hydrogens (primary N) is 1. The van der Waals surface area contributed by atoms with Gasteiger partial charge in [-0.3, -0.25) is 0 Å². The molecule has 0 aromatic heterocycles. The van der Waals surface area contributed by atoms with Crippen LogP contribution in [0, 0.1) is 0 Å². The number of nitrogens with one attached hydrogen (secondary N) is 1. The maximum absolute atomic E-state index is 5.13. The van der Waals surface area contributed by atoms with Crippen molar-refractivity contribution in [3.63, 3.8) is 0 Å². The fraction of sp³-hybridized carbons (Fsp3) is 0. The van der Waals surface area contributed by atoms with Gasteiger partial charge >= 0.3 is 0 Å². The van der Waals surface area contributed by atoms with Gasteiger partial charge in [0.05, 0.1) is 0 Å². The molecule has 10 heavy (non-hydrogen) atoms. The van der Waals surface area contributed by atoms with E-state index in [-0.39, 0.29) is 0 Å². The number of hydrogen-bond acceptors (Lipinski definition) is 2. The summed E-state index contributed by atoms with van der Waals surface area (Å²) >= 11 is 0. The normalized spacial score (nSPS) is 10.0. The Hall–Kier alpha value is -1.44. The number of benzene rings is 1. The van der Waals surface area contributed by atoms with Crippen molar-refractivity contribution < 1.29 is 0 Å². The molecule has 0 unspecified atom stereocenters. The summed E-state index contributed by atoms with van der Waals surface area (Å²) in [7, 11) is 0. The summed E-state index contributed by atoms with van der Waals surface area (Å²) in [5, 5.41) is 2.99. The first kappa shape index (κ1) is 6.68. The molecule has 0 heterocycles. The first-order chi connectivity index (χ1) is 4.93. The third-order valence-corrected chi connectivity index (χ3v) is 1.12. The van der Waals surface area contributed by atoms with Gasteiger partial charge < -0.3 is 11.1 Å². The summed E-state index contributed by atoms with van der Waals surface area (Å²) in [6.45, 7) is 0. The highest BCUT2D eigenvalue weighted by Gasteiger charge is 1.80. The van der Waals surface area contributed by atoms with Gasteiger partial charge in [0.1, 0.15) is 0 Å². The molecule has 0 bridgehead atoms. The lowest BCUT2D eigenvalue weighted by atomic mass is 10.3. The van der Waals surface area contributed by atoms with Gasteiger partial charge in [0, 0.05) is 18.1 Å². The SMILES string of the molecule is N/C=C/Nc1ccccc1. The lowest BCUT2D eigenvalue weighted by Crippen LogP contribution is -1.88. The van der Waals surface area contributed by atoms with Crippen molar-refractivity contribution in [2.45, 2.75) is 0 Å². The average molecular weight is 134 g/mol. The van der Waals surface area contributed by atoms with Crippen LogP contribution in [0.15, 0.2) is 42.7 Å². The molecule has 0 saturated carbocycles. The Bertz CT molecular complexity index is 204. The van der Waals surface area contributed by atoms with E-state index in [0.717, 1.165) is 5.69 Å². The second-order valence-corrected chi connectivity index (χ2v) is 1.87. The summed E-state index contributed by atoms with van der Waals surface area (Å²) in [5.74, 6) is 0. The molecule has 0 fully saturated rings. The largest absolute Gasteiger partial charge is 0.403 e. The summed E-state index contributed by atoms with van der Waals surface area (Å²) in [5.41, 5.74) is 6.18. The number of para-hydroxylation sites is 1. The summed E-state index contributed by atoms with van der Waals surface area (Å²) in [4.78, 5) is 0. The Morgan fingerprint density at radius 3 is 2.50 bits per heavy atom. The van der Waals surface area contributed by atoms with E-state index in [1.807, 2.05) is 30.3 Å². The number of hydrogen-bond donors (Lipinski definition) is 2. The van der Waals surface area contributed by atoms with Gasteiger partial charge in [-0.15, -0.1) is 0 Å². The van der Waals surface area contributed by atoms with E-state index in [1.165, 1.54) is 6.20 Å². The van der Waals surface area contributed by atoms with Crippen LogP contribution in [-0.4, -0.2) is 0 Å². The Morgan fingerprint density at radius 2 is 1.90 bits per heavy atom. The van der Waals surface area contributed by atoms with Gasteiger partial charge in [-0.25, -0.2) is 0 Å². The van der Waals surface area contributed by atoms with Crippen LogP contribution in [0.3, 0.4) is 0 Å². The Kier molecular flexibility index (Phi) is 2.38. The van der Waals surface area contributed by atoms with Crippen LogP contribution in [0.25, 0.3) is 0 Å². The van der Waals surface area contributed by atoms with Gasteiger partial charge in [0.2, 0.25) is 0 Å². The number of anilines is 1. The number of rotatable bonds is 2.